The fourth-order valence-electron chi connectivity index (χ4n) is 2.64. The molecule has 2 fully saturated rings. The molecule has 0 saturated carbocycles. The predicted molar refractivity (Wildman–Crippen MR) is 84.2 cm³/mol. The molecule has 0 aliphatic carbocycles. The van der Waals surface area contributed by atoms with Crippen LogP contribution in [-0.2, 0) is 9.59 Å². The van der Waals surface area contributed by atoms with Gasteiger partial charge in [-0.05, 0) is 19.4 Å². The summed E-state index contributed by atoms with van der Waals surface area (Å²) in [5.41, 5.74) is 0. The number of hydrogen-bond donors (Lipinski definition) is 1. The van der Waals surface area contributed by atoms with Crippen LogP contribution in [-0.4, -0.2) is 65.5 Å². The summed E-state index contributed by atoms with van der Waals surface area (Å²) in [4.78, 5) is 28.2. The Kier molecular flexibility index (Phi) is 7.12. The summed E-state index contributed by atoms with van der Waals surface area (Å²) >= 11 is 1.67. The summed E-state index contributed by atoms with van der Waals surface area (Å²) in [5.74, 6) is 1.61. The van der Waals surface area contributed by atoms with Crippen molar-refractivity contribution in [1.82, 2.24) is 15.1 Å². The Bertz CT molecular complexity index is 351. The lowest BCUT2D eigenvalue weighted by molar-refractivity contribution is -0.143. The highest BCUT2D eigenvalue weighted by Crippen LogP contribution is 2.24. The molecule has 1 N–H and O–H groups in total. The van der Waals surface area contributed by atoms with Crippen LogP contribution in [0, 0.1) is 0 Å². The molecule has 0 radical (unpaired) electrons. The Labute approximate surface area is 131 Å². The van der Waals surface area contributed by atoms with Gasteiger partial charge in [-0.3, -0.25) is 9.59 Å². The molecule has 2 aliphatic heterocycles. The van der Waals surface area contributed by atoms with Crippen LogP contribution >= 0.6 is 24.2 Å². The zero-order valence-electron chi connectivity index (χ0n) is 12.1. The largest absolute Gasteiger partial charge is 0.340 e. The molecule has 0 aromatic carbocycles. The molecule has 2 rings (SSSR count). The predicted octanol–water partition coefficient (Wildman–Crippen LogP) is 0.930. The minimum Gasteiger partial charge on any atom is -0.340 e. The molecule has 20 heavy (non-hydrogen) atoms. The van der Waals surface area contributed by atoms with Gasteiger partial charge in [-0.15, -0.1) is 24.2 Å². The van der Waals surface area contributed by atoms with Gasteiger partial charge in [0.2, 0.25) is 11.8 Å². The summed E-state index contributed by atoms with van der Waals surface area (Å²) in [6, 6.07) is 0.0240. The van der Waals surface area contributed by atoms with Crippen molar-refractivity contribution in [1.29, 1.82) is 0 Å². The number of hydrogen-bond acceptors (Lipinski definition) is 4. The molecule has 2 atom stereocenters. The van der Waals surface area contributed by atoms with Crippen LogP contribution in [0.1, 0.15) is 26.2 Å². The molecule has 2 amide bonds. The highest BCUT2D eigenvalue weighted by Gasteiger charge is 2.37. The minimum atomic E-state index is -0.255. The van der Waals surface area contributed by atoms with E-state index < -0.39 is 0 Å². The van der Waals surface area contributed by atoms with Crippen LogP contribution in [0.5, 0.6) is 0 Å². The highest BCUT2D eigenvalue weighted by atomic mass is 35.5. The number of thioether (sulfide) groups is 1. The van der Waals surface area contributed by atoms with E-state index in [1.807, 2.05) is 18.9 Å². The maximum atomic E-state index is 12.5. The maximum Gasteiger partial charge on any atom is 0.246 e. The normalized spacial score (nSPS) is 25.4. The lowest BCUT2D eigenvalue weighted by Gasteiger charge is -2.30. The Morgan fingerprint density at radius 1 is 1.45 bits per heavy atom. The van der Waals surface area contributed by atoms with Crippen molar-refractivity contribution < 1.29 is 9.59 Å². The van der Waals surface area contributed by atoms with Crippen LogP contribution < -0.4 is 5.32 Å². The van der Waals surface area contributed by atoms with E-state index in [1.165, 1.54) is 0 Å². The van der Waals surface area contributed by atoms with Crippen molar-refractivity contribution in [2.24, 2.45) is 0 Å². The smallest absolute Gasteiger partial charge is 0.246 e. The first-order valence-corrected chi connectivity index (χ1v) is 8.15. The van der Waals surface area contributed by atoms with Gasteiger partial charge in [0, 0.05) is 31.8 Å². The van der Waals surface area contributed by atoms with Gasteiger partial charge in [-0.25, -0.2) is 0 Å². The summed E-state index contributed by atoms with van der Waals surface area (Å²) in [6.45, 7) is 3.83. The summed E-state index contributed by atoms with van der Waals surface area (Å²) in [5, 5.41) is 3.27. The Morgan fingerprint density at radius 3 is 2.80 bits per heavy atom. The van der Waals surface area contributed by atoms with Gasteiger partial charge in [-0.1, -0.05) is 6.92 Å². The molecule has 2 heterocycles. The second-order valence-corrected chi connectivity index (χ2v) is 6.22. The van der Waals surface area contributed by atoms with Gasteiger partial charge in [0.15, 0.2) is 0 Å². The maximum absolute atomic E-state index is 12.5. The SMILES string of the molecule is CCCC(=O)N1CSCC1C(=O)N(C)C1CCNC1.Cl. The first-order valence-electron chi connectivity index (χ1n) is 6.99. The lowest BCUT2D eigenvalue weighted by atomic mass is 10.1. The number of nitrogens with zero attached hydrogens (tertiary/aromatic N) is 2. The fraction of sp³-hybridized carbons (Fsp3) is 0.846. The van der Waals surface area contributed by atoms with Gasteiger partial charge in [0.1, 0.15) is 6.04 Å². The van der Waals surface area contributed by atoms with Crippen molar-refractivity contribution in [3.8, 4) is 0 Å². The first kappa shape index (κ1) is 17.6. The minimum absolute atomic E-state index is 0. The molecule has 0 spiro atoms. The molecule has 5 nitrogen and oxygen atoms in total. The third kappa shape index (κ3) is 3.80. The van der Waals surface area contributed by atoms with Gasteiger partial charge in [0.25, 0.3) is 0 Å². The average Bonchev–Trinajstić information content (AvgIpc) is 3.08. The zero-order chi connectivity index (χ0) is 13.8. The number of carbonyl (C=O) groups excluding carboxylic acids is 2. The van der Waals surface area contributed by atoms with Gasteiger partial charge in [-0.2, -0.15) is 0 Å². The third-order valence-electron chi connectivity index (χ3n) is 3.88. The summed E-state index contributed by atoms with van der Waals surface area (Å²) in [7, 11) is 1.87. The number of amides is 2. The van der Waals surface area contributed by atoms with Crippen molar-refractivity contribution in [2.45, 2.75) is 38.3 Å². The Morgan fingerprint density at radius 2 is 2.20 bits per heavy atom. The standard InChI is InChI=1S/C13H23N3O2S.ClH/c1-3-4-12(17)16-9-19-8-11(16)13(18)15(2)10-5-6-14-7-10;/h10-11,14H,3-9H2,1-2H3;1H. The first-order chi connectivity index (χ1) is 9.15. The zero-order valence-corrected chi connectivity index (χ0v) is 13.8. The Balaban J connectivity index is 0.00000200. The molecule has 7 heteroatoms. The molecule has 116 valence electrons. The number of carbonyl (C=O) groups is 2. The number of likely N-dealkylation sites (N-methyl/N-ethyl adjacent to an activating group) is 1. The van der Waals surface area contributed by atoms with E-state index in [-0.39, 0.29) is 36.3 Å². The second-order valence-electron chi connectivity index (χ2n) is 5.22. The van der Waals surface area contributed by atoms with Crippen LogP contribution in [0.25, 0.3) is 0 Å². The average molecular weight is 322 g/mol. The van der Waals surface area contributed by atoms with Gasteiger partial charge >= 0.3 is 0 Å². The molecule has 0 aromatic rings. The van der Waals surface area contributed by atoms with Crippen molar-refractivity contribution in [2.75, 3.05) is 31.8 Å². The van der Waals surface area contributed by atoms with E-state index in [0.717, 1.165) is 31.7 Å². The monoisotopic (exact) mass is 321 g/mol. The number of nitrogens with one attached hydrogen (secondary N) is 1. The van der Waals surface area contributed by atoms with Crippen LogP contribution in [0.4, 0.5) is 0 Å². The van der Waals surface area contributed by atoms with E-state index in [0.29, 0.717) is 12.3 Å². The highest BCUT2D eigenvalue weighted by molar-refractivity contribution is 7.99. The van der Waals surface area contributed by atoms with E-state index in [2.05, 4.69) is 5.32 Å². The lowest BCUT2D eigenvalue weighted by Crippen LogP contribution is -2.51. The molecule has 2 aliphatic rings. The number of halogens is 1. The molecule has 2 unspecified atom stereocenters. The molecular weight excluding hydrogens is 298 g/mol. The van der Waals surface area contributed by atoms with E-state index in [1.54, 1.807) is 16.7 Å². The molecule has 2 saturated heterocycles. The van der Waals surface area contributed by atoms with Crippen molar-refractivity contribution in [3.05, 3.63) is 0 Å². The van der Waals surface area contributed by atoms with E-state index >= 15 is 0 Å². The third-order valence-corrected chi connectivity index (χ3v) is 4.89. The van der Waals surface area contributed by atoms with Crippen molar-refractivity contribution >= 4 is 36.0 Å². The van der Waals surface area contributed by atoms with Crippen LogP contribution in [0.2, 0.25) is 0 Å². The van der Waals surface area contributed by atoms with Gasteiger partial charge < -0.3 is 15.1 Å². The number of rotatable bonds is 4. The quantitative estimate of drug-likeness (QED) is 0.837. The topological polar surface area (TPSA) is 52.7 Å². The van der Waals surface area contributed by atoms with Crippen LogP contribution in [0.15, 0.2) is 0 Å². The second kappa shape index (κ2) is 8.10. The molecule has 0 aromatic heterocycles. The molecular formula is C13H24ClN3O2S. The van der Waals surface area contributed by atoms with E-state index in [4.69, 9.17) is 0 Å². The van der Waals surface area contributed by atoms with Crippen LogP contribution in [0.3, 0.4) is 0 Å². The fourth-order valence-corrected chi connectivity index (χ4v) is 3.81. The Hall–Kier alpha value is -0.460. The van der Waals surface area contributed by atoms with E-state index in [9.17, 15) is 9.59 Å². The van der Waals surface area contributed by atoms with Crippen molar-refractivity contribution in [3.63, 3.8) is 0 Å². The summed E-state index contributed by atoms with van der Waals surface area (Å²) < 4.78 is 0. The van der Waals surface area contributed by atoms with Gasteiger partial charge in [0.05, 0.1) is 5.88 Å². The molecule has 0 bridgehead atoms. The summed E-state index contributed by atoms with van der Waals surface area (Å²) in [6.07, 6.45) is 2.38.